The van der Waals surface area contributed by atoms with Crippen LogP contribution in [0.2, 0.25) is 5.02 Å². The molecule has 0 radical (unpaired) electrons. The van der Waals surface area contributed by atoms with Crippen molar-refractivity contribution in [3.8, 4) is 0 Å². The number of benzene rings is 2. The van der Waals surface area contributed by atoms with Crippen LogP contribution in [-0.4, -0.2) is 24.7 Å². The molecule has 0 spiro atoms. The molecule has 0 amide bonds. The van der Waals surface area contributed by atoms with E-state index in [1.54, 1.807) is 16.8 Å². The van der Waals surface area contributed by atoms with Crippen LogP contribution in [0, 0.1) is 40.4 Å². The largest absolute Gasteiger partial charge is 0.329 e. The van der Waals surface area contributed by atoms with Crippen molar-refractivity contribution in [3.63, 3.8) is 0 Å². The van der Waals surface area contributed by atoms with Crippen LogP contribution < -0.4 is 10.6 Å². The van der Waals surface area contributed by atoms with Crippen LogP contribution in [0.25, 0.3) is 0 Å². The second-order valence-corrected chi connectivity index (χ2v) is 9.43. The molecule has 2 heterocycles. The summed E-state index contributed by atoms with van der Waals surface area (Å²) in [6, 6.07) is 13.0. The van der Waals surface area contributed by atoms with Crippen LogP contribution in [0.4, 0.5) is 15.8 Å². The fourth-order valence-corrected chi connectivity index (χ4v) is 4.53. The smallest absolute Gasteiger partial charge is 0.175 e. The quantitative estimate of drug-likeness (QED) is 0.297. The van der Waals surface area contributed by atoms with Gasteiger partial charge in [-0.1, -0.05) is 41.9 Å². The summed E-state index contributed by atoms with van der Waals surface area (Å²) in [5.74, 6) is -0.356. The summed E-state index contributed by atoms with van der Waals surface area (Å²) in [5.41, 5.74) is 7.93. The van der Waals surface area contributed by atoms with Crippen molar-refractivity contribution in [2.24, 2.45) is 0 Å². The van der Waals surface area contributed by atoms with Crippen molar-refractivity contribution in [2.45, 2.75) is 47.7 Å². The molecule has 0 aliphatic heterocycles. The Morgan fingerprint density at radius 1 is 0.857 bits per heavy atom. The number of nitrogens with one attached hydrogen (secondary N) is 2. The number of thiocarbonyl (C=S) groups is 1. The molecule has 9 heteroatoms. The number of aryl methyl sites for hydroxylation is 3. The van der Waals surface area contributed by atoms with Gasteiger partial charge in [-0.2, -0.15) is 10.2 Å². The van der Waals surface area contributed by atoms with Crippen LogP contribution in [0.5, 0.6) is 0 Å². The molecule has 0 aliphatic rings. The molecule has 0 saturated heterocycles. The van der Waals surface area contributed by atoms with E-state index in [1.165, 1.54) is 17.2 Å². The molecule has 2 aromatic heterocycles. The Morgan fingerprint density at radius 3 is 2.00 bits per heavy atom. The summed E-state index contributed by atoms with van der Waals surface area (Å²) in [6.45, 7) is 10.8. The summed E-state index contributed by atoms with van der Waals surface area (Å²) in [7, 11) is 0. The normalized spacial score (nSPS) is 11.1. The number of rotatable bonds is 6. The fraction of sp³-hybridized carbons (Fsp3) is 0.269. The first-order chi connectivity index (χ1) is 16.7. The van der Waals surface area contributed by atoms with Crippen molar-refractivity contribution in [1.29, 1.82) is 0 Å². The van der Waals surface area contributed by atoms with E-state index in [-0.39, 0.29) is 12.4 Å². The maximum atomic E-state index is 14.3. The lowest BCUT2D eigenvalue weighted by molar-refractivity contribution is 0.579. The minimum atomic E-state index is -0.356. The Labute approximate surface area is 215 Å². The van der Waals surface area contributed by atoms with Crippen LogP contribution in [-0.2, 0) is 13.1 Å². The van der Waals surface area contributed by atoms with Crippen molar-refractivity contribution < 1.29 is 4.39 Å². The Hall–Kier alpha value is -3.23. The third kappa shape index (κ3) is 5.23. The van der Waals surface area contributed by atoms with Gasteiger partial charge in [-0.25, -0.2) is 4.39 Å². The molecule has 4 rings (SSSR count). The highest BCUT2D eigenvalue weighted by Gasteiger charge is 2.18. The van der Waals surface area contributed by atoms with Gasteiger partial charge in [0.1, 0.15) is 5.82 Å². The second-order valence-electron chi connectivity index (χ2n) is 8.61. The zero-order valence-corrected chi connectivity index (χ0v) is 22.0. The number of hydrogen-bond donors (Lipinski definition) is 2. The number of nitrogens with zero attached hydrogens (tertiary/aromatic N) is 4. The zero-order chi connectivity index (χ0) is 25.3. The molecule has 2 N–H and O–H groups in total. The van der Waals surface area contributed by atoms with Crippen molar-refractivity contribution in [1.82, 2.24) is 19.6 Å². The van der Waals surface area contributed by atoms with Crippen molar-refractivity contribution in [3.05, 3.63) is 92.8 Å². The molecule has 0 unspecified atom stereocenters. The first-order valence-electron chi connectivity index (χ1n) is 11.3. The van der Waals surface area contributed by atoms with E-state index in [9.17, 15) is 4.39 Å². The molecule has 182 valence electrons. The van der Waals surface area contributed by atoms with Gasteiger partial charge in [-0.15, -0.1) is 0 Å². The molecule has 6 nitrogen and oxygen atoms in total. The van der Waals surface area contributed by atoms with Gasteiger partial charge in [-0.05, 0) is 70.1 Å². The highest BCUT2D eigenvalue weighted by atomic mass is 35.5. The number of anilines is 2. The molecular formula is C26H28ClFN6S. The first-order valence-corrected chi connectivity index (χ1v) is 12.1. The Balaban J connectivity index is 1.50. The van der Waals surface area contributed by atoms with E-state index in [1.807, 2.05) is 44.5 Å². The summed E-state index contributed by atoms with van der Waals surface area (Å²) in [4.78, 5) is 0. The Kier molecular flexibility index (Phi) is 7.23. The van der Waals surface area contributed by atoms with Gasteiger partial charge in [0.15, 0.2) is 5.11 Å². The number of halogens is 2. The SMILES string of the molecule is Cc1ccccc1Cn1nc(C)c(NC(=S)Nc2c(C)nn(Cc3c(F)cccc3Cl)c2C)c1C. The van der Waals surface area contributed by atoms with Crippen LogP contribution in [0.3, 0.4) is 0 Å². The maximum absolute atomic E-state index is 14.3. The standard InChI is InChI=1S/C26H28ClFN6S/c1-15-9-6-7-10-20(15)13-33-18(4)24(16(2)31-33)29-26(35)30-25-17(3)32-34(19(25)5)14-21-22(27)11-8-12-23(21)28/h6-12H,13-14H2,1-5H3,(H2,29,30,35). The molecular weight excluding hydrogens is 483 g/mol. The number of hydrogen-bond acceptors (Lipinski definition) is 3. The van der Waals surface area contributed by atoms with Crippen LogP contribution in [0.1, 0.15) is 39.5 Å². The van der Waals surface area contributed by atoms with Gasteiger partial charge < -0.3 is 10.6 Å². The third-order valence-electron chi connectivity index (χ3n) is 6.19. The molecule has 0 saturated carbocycles. The summed E-state index contributed by atoms with van der Waals surface area (Å²) in [6.07, 6.45) is 0. The Bertz CT molecular complexity index is 1390. The second kappa shape index (κ2) is 10.2. The topological polar surface area (TPSA) is 59.7 Å². The van der Waals surface area contributed by atoms with Gasteiger partial charge in [-0.3, -0.25) is 9.36 Å². The van der Waals surface area contributed by atoms with E-state index in [0.29, 0.717) is 22.2 Å². The lowest BCUT2D eigenvalue weighted by Gasteiger charge is -2.13. The van der Waals surface area contributed by atoms with Crippen LogP contribution in [0.15, 0.2) is 42.5 Å². The predicted molar refractivity (Wildman–Crippen MR) is 144 cm³/mol. The first kappa shape index (κ1) is 24.9. The zero-order valence-electron chi connectivity index (χ0n) is 20.4. The van der Waals surface area contributed by atoms with Gasteiger partial charge in [0.25, 0.3) is 0 Å². The van der Waals surface area contributed by atoms with E-state index in [0.717, 1.165) is 34.2 Å². The lowest BCUT2D eigenvalue weighted by Crippen LogP contribution is -2.21. The Morgan fingerprint density at radius 2 is 1.43 bits per heavy atom. The van der Waals surface area contributed by atoms with Crippen LogP contribution >= 0.6 is 23.8 Å². The predicted octanol–water partition coefficient (Wildman–Crippen LogP) is 6.32. The van der Waals surface area contributed by atoms with Gasteiger partial charge >= 0.3 is 0 Å². The van der Waals surface area contributed by atoms with E-state index >= 15 is 0 Å². The summed E-state index contributed by atoms with van der Waals surface area (Å²) >= 11 is 11.8. The van der Waals surface area contributed by atoms with E-state index in [4.69, 9.17) is 28.9 Å². The van der Waals surface area contributed by atoms with Gasteiger partial charge in [0, 0.05) is 10.6 Å². The van der Waals surface area contributed by atoms with Crippen molar-refractivity contribution in [2.75, 3.05) is 10.6 Å². The molecule has 2 aromatic carbocycles. The van der Waals surface area contributed by atoms with Gasteiger partial charge in [0.2, 0.25) is 0 Å². The van der Waals surface area contributed by atoms with Gasteiger partial charge in [0.05, 0.1) is 47.2 Å². The molecule has 0 aliphatic carbocycles. The average molecular weight is 511 g/mol. The monoisotopic (exact) mass is 510 g/mol. The lowest BCUT2D eigenvalue weighted by atomic mass is 10.1. The molecule has 4 aromatic rings. The molecule has 0 atom stereocenters. The maximum Gasteiger partial charge on any atom is 0.175 e. The minimum absolute atomic E-state index is 0.226. The fourth-order valence-electron chi connectivity index (χ4n) is 4.10. The summed E-state index contributed by atoms with van der Waals surface area (Å²) in [5, 5.41) is 16.6. The molecule has 0 bridgehead atoms. The number of aromatic nitrogens is 4. The summed E-state index contributed by atoms with van der Waals surface area (Å²) < 4.78 is 18.0. The highest BCUT2D eigenvalue weighted by molar-refractivity contribution is 7.80. The average Bonchev–Trinajstić information content (AvgIpc) is 3.22. The van der Waals surface area contributed by atoms with E-state index < -0.39 is 0 Å². The molecule has 35 heavy (non-hydrogen) atoms. The third-order valence-corrected chi connectivity index (χ3v) is 6.75. The minimum Gasteiger partial charge on any atom is -0.329 e. The van der Waals surface area contributed by atoms with E-state index in [2.05, 4.69) is 34.8 Å². The van der Waals surface area contributed by atoms with Crippen molar-refractivity contribution >= 4 is 40.3 Å². The highest BCUT2D eigenvalue weighted by Crippen LogP contribution is 2.26. The molecule has 0 fully saturated rings.